The van der Waals surface area contributed by atoms with E-state index in [1.807, 2.05) is 40.0 Å². The summed E-state index contributed by atoms with van der Waals surface area (Å²) in [6.45, 7) is 12.1. The second kappa shape index (κ2) is 12.4. The molecule has 3 heteroatoms. The van der Waals surface area contributed by atoms with E-state index in [1.54, 1.807) is 6.26 Å². The molecule has 0 saturated heterocycles. The third-order valence-corrected chi connectivity index (χ3v) is 4.40. The minimum atomic E-state index is -0.415. The van der Waals surface area contributed by atoms with Gasteiger partial charge in [0.1, 0.15) is 5.60 Å². The van der Waals surface area contributed by atoms with E-state index < -0.39 is 5.60 Å². The van der Waals surface area contributed by atoms with Gasteiger partial charge >= 0.3 is 5.97 Å². The Kier molecular flexibility index (Phi) is 10.7. The summed E-state index contributed by atoms with van der Waals surface area (Å²) in [5.41, 5.74) is 3.34. The summed E-state index contributed by atoms with van der Waals surface area (Å²) in [4.78, 5) is 11.8. The second-order valence-corrected chi connectivity index (χ2v) is 8.75. The molecule has 0 aliphatic heterocycles. The highest BCUT2D eigenvalue weighted by Crippen LogP contribution is 2.15. The van der Waals surface area contributed by atoms with Crippen molar-refractivity contribution in [3.8, 4) is 0 Å². The molecule has 0 fully saturated rings. The molecule has 0 unspecified atom stereocenters. The third-order valence-electron chi connectivity index (χ3n) is 4.40. The van der Waals surface area contributed by atoms with E-state index in [1.165, 1.54) is 11.1 Å². The predicted molar refractivity (Wildman–Crippen MR) is 117 cm³/mol. The lowest BCUT2D eigenvalue weighted by Gasteiger charge is -2.19. The summed E-state index contributed by atoms with van der Waals surface area (Å²) in [6.07, 6.45) is 18.1. The van der Waals surface area contributed by atoms with E-state index in [-0.39, 0.29) is 5.97 Å². The average molecular weight is 387 g/mol. The smallest absolute Gasteiger partial charge is 0.310 e. The Hall–Kier alpha value is -2.03. The lowest BCUT2D eigenvalue weighted by atomic mass is 10.0. The van der Waals surface area contributed by atoms with Crippen molar-refractivity contribution in [1.82, 2.24) is 0 Å². The van der Waals surface area contributed by atoms with E-state index in [2.05, 4.69) is 38.2 Å². The summed E-state index contributed by atoms with van der Waals surface area (Å²) in [7, 11) is 0. The van der Waals surface area contributed by atoms with Crippen LogP contribution in [-0.4, -0.2) is 11.6 Å². The summed E-state index contributed by atoms with van der Waals surface area (Å²) in [5, 5.41) is 0. The van der Waals surface area contributed by atoms with Gasteiger partial charge in [-0.05, 0) is 84.3 Å². The second-order valence-electron chi connectivity index (χ2n) is 8.75. The van der Waals surface area contributed by atoms with Gasteiger partial charge in [-0.1, -0.05) is 42.4 Å². The summed E-state index contributed by atoms with van der Waals surface area (Å²) < 4.78 is 10.5. The summed E-state index contributed by atoms with van der Waals surface area (Å²) in [5.74, 6) is 0.364. The normalized spacial score (nSPS) is 14.5. The lowest BCUT2D eigenvalue weighted by Crippen LogP contribution is -2.23. The first kappa shape index (κ1) is 24.0. The molecule has 156 valence electrons. The Balaban J connectivity index is 2.25. The molecule has 0 radical (unpaired) electrons. The van der Waals surface area contributed by atoms with Gasteiger partial charge in [0.2, 0.25) is 0 Å². The molecule has 1 heterocycles. The maximum atomic E-state index is 11.8. The number of hydrogen-bond acceptors (Lipinski definition) is 3. The Morgan fingerprint density at radius 2 is 2.00 bits per heavy atom. The van der Waals surface area contributed by atoms with Crippen molar-refractivity contribution >= 4 is 5.97 Å². The van der Waals surface area contributed by atoms with Gasteiger partial charge in [0.05, 0.1) is 18.9 Å². The summed E-state index contributed by atoms with van der Waals surface area (Å²) in [6, 6.07) is 2.03. The van der Waals surface area contributed by atoms with Crippen LogP contribution in [0.5, 0.6) is 0 Å². The number of carbonyl (C=O) groups excluding carboxylic acids is 1. The minimum absolute atomic E-state index is 0.150. The van der Waals surface area contributed by atoms with Crippen LogP contribution in [0.1, 0.15) is 79.2 Å². The molecule has 1 rings (SSSR count). The number of aryl methyl sites for hydroxylation is 1. The van der Waals surface area contributed by atoms with Gasteiger partial charge in [-0.25, -0.2) is 0 Å². The minimum Gasteiger partial charge on any atom is -0.472 e. The molecule has 28 heavy (non-hydrogen) atoms. The zero-order chi connectivity index (χ0) is 21.0. The molecule has 0 saturated carbocycles. The highest BCUT2D eigenvalue weighted by Gasteiger charge is 2.16. The van der Waals surface area contributed by atoms with Gasteiger partial charge in [0, 0.05) is 0 Å². The van der Waals surface area contributed by atoms with Crippen molar-refractivity contribution in [3.63, 3.8) is 0 Å². The maximum absolute atomic E-state index is 11.8. The predicted octanol–water partition coefficient (Wildman–Crippen LogP) is 7.20. The molecule has 0 amide bonds. The number of hydrogen-bond donors (Lipinski definition) is 0. The van der Waals surface area contributed by atoms with E-state index in [0.29, 0.717) is 12.3 Å². The van der Waals surface area contributed by atoms with Crippen LogP contribution in [0.4, 0.5) is 0 Å². The van der Waals surface area contributed by atoms with Crippen LogP contribution >= 0.6 is 0 Å². The monoisotopic (exact) mass is 386 g/mol. The molecule has 0 aliphatic rings. The van der Waals surface area contributed by atoms with Crippen LogP contribution < -0.4 is 0 Å². The first-order valence-corrected chi connectivity index (χ1v) is 10.4. The fourth-order valence-corrected chi connectivity index (χ4v) is 2.87. The molecule has 0 aliphatic carbocycles. The van der Waals surface area contributed by atoms with Crippen LogP contribution in [0.3, 0.4) is 0 Å². The molecular formula is C25H38O3. The lowest BCUT2D eigenvalue weighted by molar-refractivity contribution is -0.153. The zero-order valence-electron chi connectivity index (χ0n) is 18.6. The van der Waals surface area contributed by atoms with E-state index >= 15 is 0 Å². The molecular weight excluding hydrogens is 348 g/mol. The molecule has 1 aromatic heterocycles. The average Bonchev–Trinajstić information content (AvgIpc) is 3.06. The number of allylic oxidation sites excluding steroid dienone is 5. The third kappa shape index (κ3) is 12.4. The quantitative estimate of drug-likeness (QED) is 0.229. The van der Waals surface area contributed by atoms with Gasteiger partial charge in [-0.2, -0.15) is 0 Å². The Bertz CT molecular complexity index is 654. The molecule has 3 nitrogen and oxygen atoms in total. The zero-order valence-corrected chi connectivity index (χ0v) is 18.6. The van der Waals surface area contributed by atoms with Gasteiger partial charge in [0.15, 0.2) is 0 Å². The first-order chi connectivity index (χ1) is 13.2. The topological polar surface area (TPSA) is 39.4 Å². The molecule has 0 aromatic carbocycles. The standard InChI is InChI=1S/C25H38O3/c1-20(12-8-14-22(3)18-24(26)28-25(4,5)6)10-7-11-21(2)13-9-15-23-16-17-27-19-23/h7,10-11,14,16-17,19-20H,8-9,12-13,15,18H2,1-6H3/b10-7-,21-11+,22-14+/t20-/m1/s1. The van der Waals surface area contributed by atoms with Crippen molar-refractivity contribution in [3.05, 3.63) is 59.6 Å². The van der Waals surface area contributed by atoms with Crippen molar-refractivity contribution in [2.75, 3.05) is 0 Å². The van der Waals surface area contributed by atoms with Crippen molar-refractivity contribution in [1.29, 1.82) is 0 Å². The molecule has 0 N–H and O–H groups in total. The van der Waals surface area contributed by atoms with Gasteiger partial charge in [0.25, 0.3) is 0 Å². The number of esters is 1. The molecule has 0 bridgehead atoms. The van der Waals surface area contributed by atoms with Crippen molar-refractivity contribution < 1.29 is 13.9 Å². The van der Waals surface area contributed by atoms with Crippen LogP contribution in [0, 0.1) is 5.92 Å². The van der Waals surface area contributed by atoms with E-state index in [4.69, 9.17) is 9.15 Å². The number of furan rings is 1. The fourth-order valence-electron chi connectivity index (χ4n) is 2.87. The molecule has 0 spiro atoms. The maximum Gasteiger partial charge on any atom is 0.310 e. The Morgan fingerprint density at radius 1 is 1.25 bits per heavy atom. The highest BCUT2D eigenvalue weighted by molar-refractivity contribution is 5.72. The van der Waals surface area contributed by atoms with Gasteiger partial charge < -0.3 is 9.15 Å². The number of rotatable bonds is 11. The SMILES string of the molecule is C/C(=C\C=C/[C@@H](C)CC/C=C(\C)CC(=O)OC(C)(C)C)CCCc1ccoc1. The summed E-state index contributed by atoms with van der Waals surface area (Å²) >= 11 is 0. The van der Waals surface area contributed by atoms with Crippen LogP contribution in [0.15, 0.2) is 58.5 Å². The highest BCUT2D eigenvalue weighted by atomic mass is 16.6. The molecule has 1 aromatic rings. The number of ether oxygens (including phenoxy) is 1. The van der Waals surface area contributed by atoms with Gasteiger partial charge in [-0.3, -0.25) is 4.79 Å². The van der Waals surface area contributed by atoms with Crippen LogP contribution in [0.25, 0.3) is 0 Å². The van der Waals surface area contributed by atoms with Gasteiger partial charge in [-0.15, -0.1) is 0 Å². The van der Waals surface area contributed by atoms with Crippen LogP contribution in [0.2, 0.25) is 0 Å². The fraction of sp³-hybridized carbons (Fsp3) is 0.560. The number of carbonyl (C=O) groups is 1. The Labute approximate surface area is 171 Å². The first-order valence-electron chi connectivity index (χ1n) is 10.4. The largest absolute Gasteiger partial charge is 0.472 e. The molecule has 1 atom stereocenters. The van der Waals surface area contributed by atoms with E-state index in [9.17, 15) is 4.79 Å². The van der Waals surface area contributed by atoms with Crippen molar-refractivity contribution in [2.45, 2.75) is 85.7 Å². The van der Waals surface area contributed by atoms with Crippen molar-refractivity contribution in [2.24, 2.45) is 5.92 Å². The van der Waals surface area contributed by atoms with Crippen LogP contribution in [-0.2, 0) is 16.0 Å². The Morgan fingerprint density at radius 3 is 2.64 bits per heavy atom. The van der Waals surface area contributed by atoms with E-state index in [0.717, 1.165) is 37.7 Å².